The predicted octanol–water partition coefficient (Wildman–Crippen LogP) is 1.63. The maximum Gasteiger partial charge on any atom is 0.251 e. The van der Waals surface area contributed by atoms with E-state index >= 15 is 0 Å². The molecular weight excluding hydrogens is 310 g/mol. The number of anilines is 1. The molecule has 1 unspecified atom stereocenters. The molecule has 0 radical (unpaired) electrons. The molecule has 2 aliphatic rings. The molecule has 7 heteroatoms. The molecule has 0 spiro atoms. The quantitative estimate of drug-likeness (QED) is 0.789. The molecule has 5 nitrogen and oxygen atoms in total. The summed E-state index contributed by atoms with van der Waals surface area (Å²) in [6.07, 6.45) is 2.28. The summed E-state index contributed by atoms with van der Waals surface area (Å²) in [5.41, 5.74) is 1.32. The Hall–Kier alpha value is -1.24. The molecular formula is C14H18ClN3O2S. The molecule has 0 bridgehead atoms. The molecule has 1 saturated heterocycles. The Morgan fingerprint density at radius 1 is 1.43 bits per heavy atom. The molecule has 1 fully saturated rings. The van der Waals surface area contributed by atoms with E-state index in [9.17, 15) is 9.59 Å². The van der Waals surface area contributed by atoms with Crippen LogP contribution in [0.5, 0.6) is 0 Å². The highest BCUT2D eigenvalue weighted by atomic mass is 35.5. The third-order valence-electron chi connectivity index (χ3n) is 3.55. The first kappa shape index (κ1) is 16.1. The summed E-state index contributed by atoms with van der Waals surface area (Å²) < 4.78 is 0. The molecule has 0 saturated carbocycles. The number of thioether (sulfide) groups is 1. The second-order valence-corrected chi connectivity index (χ2v) is 6.07. The van der Waals surface area contributed by atoms with Crippen molar-refractivity contribution < 1.29 is 9.59 Å². The van der Waals surface area contributed by atoms with E-state index in [-0.39, 0.29) is 24.2 Å². The van der Waals surface area contributed by atoms with Crippen molar-refractivity contribution in [1.29, 1.82) is 0 Å². The lowest BCUT2D eigenvalue weighted by atomic mass is 10.1. The standard InChI is InChI=1S/C14H17N3O2S.ClH/c18-13-8-20-12-4-3-9(6-11(12)17-13)14(19)16-7-10-2-1-5-15-10;/h3-4,6,10,15H,1-2,5,7-8H2,(H,16,19)(H,17,18);1H. The Balaban J connectivity index is 0.00000161. The maximum atomic E-state index is 12.1. The van der Waals surface area contributed by atoms with Crippen LogP contribution in [0.4, 0.5) is 5.69 Å². The average Bonchev–Trinajstić information content (AvgIpc) is 2.97. The van der Waals surface area contributed by atoms with E-state index in [1.54, 1.807) is 12.1 Å². The second-order valence-electron chi connectivity index (χ2n) is 5.05. The van der Waals surface area contributed by atoms with E-state index in [1.807, 2.05) is 6.07 Å². The summed E-state index contributed by atoms with van der Waals surface area (Å²) in [5.74, 6) is 0.327. The highest BCUT2D eigenvalue weighted by Gasteiger charge is 2.18. The normalized spacial score (nSPS) is 20.2. The maximum absolute atomic E-state index is 12.1. The van der Waals surface area contributed by atoms with Crippen LogP contribution in [0.3, 0.4) is 0 Å². The SMILES string of the molecule is Cl.O=C1CSc2ccc(C(=O)NCC3CCCN3)cc2N1. The first-order valence-corrected chi connectivity index (χ1v) is 7.79. The Morgan fingerprint density at radius 3 is 3.05 bits per heavy atom. The van der Waals surface area contributed by atoms with Crippen molar-refractivity contribution in [1.82, 2.24) is 10.6 Å². The number of hydrogen-bond donors (Lipinski definition) is 3. The topological polar surface area (TPSA) is 70.2 Å². The summed E-state index contributed by atoms with van der Waals surface area (Å²) in [7, 11) is 0. The van der Waals surface area contributed by atoms with Crippen LogP contribution in [0.2, 0.25) is 0 Å². The molecule has 2 amide bonds. The summed E-state index contributed by atoms with van der Waals surface area (Å²) in [4.78, 5) is 24.5. The first-order chi connectivity index (χ1) is 9.72. The van der Waals surface area contributed by atoms with E-state index in [4.69, 9.17) is 0 Å². The van der Waals surface area contributed by atoms with Gasteiger partial charge in [0.2, 0.25) is 5.91 Å². The minimum absolute atomic E-state index is 0. The van der Waals surface area contributed by atoms with Crippen LogP contribution in [0, 0.1) is 0 Å². The highest BCUT2D eigenvalue weighted by molar-refractivity contribution is 8.00. The number of rotatable bonds is 3. The molecule has 0 aliphatic carbocycles. The lowest BCUT2D eigenvalue weighted by Crippen LogP contribution is -2.37. The van der Waals surface area contributed by atoms with E-state index in [0.717, 1.165) is 23.5 Å². The van der Waals surface area contributed by atoms with Gasteiger partial charge in [0.25, 0.3) is 5.91 Å². The monoisotopic (exact) mass is 327 g/mol. The van der Waals surface area contributed by atoms with E-state index in [0.29, 0.717) is 23.9 Å². The molecule has 3 rings (SSSR count). The van der Waals surface area contributed by atoms with Gasteiger partial charge in [0.05, 0.1) is 11.4 Å². The van der Waals surface area contributed by atoms with Crippen molar-refractivity contribution in [3.8, 4) is 0 Å². The molecule has 1 aromatic carbocycles. The van der Waals surface area contributed by atoms with Crippen LogP contribution >= 0.6 is 24.2 Å². The zero-order chi connectivity index (χ0) is 13.9. The van der Waals surface area contributed by atoms with Gasteiger partial charge in [-0.1, -0.05) is 0 Å². The number of hydrogen-bond acceptors (Lipinski definition) is 4. The third kappa shape index (κ3) is 3.90. The van der Waals surface area contributed by atoms with Gasteiger partial charge in [0.15, 0.2) is 0 Å². The van der Waals surface area contributed by atoms with Gasteiger partial charge in [0, 0.05) is 23.0 Å². The zero-order valence-electron chi connectivity index (χ0n) is 11.5. The third-order valence-corrected chi connectivity index (χ3v) is 4.62. The van der Waals surface area contributed by atoms with Crippen molar-refractivity contribution in [2.45, 2.75) is 23.8 Å². The van der Waals surface area contributed by atoms with Crippen molar-refractivity contribution >= 4 is 41.7 Å². The van der Waals surface area contributed by atoms with Crippen molar-refractivity contribution in [2.75, 3.05) is 24.2 Å². The largest absolute Gasteiger partial charge is 0.350 e. The van der Waals surface area contributed by atoms with E-state index < -0.39 is 0 Å². The predicted molar refractivity (Wildman–Crippen MR) is 86.4 cm³/mol. The van der Waals surface area contributed by atoms with Crippen molar-refractivity contribution in [3.05, 3.63) is 23.8 Å². The lowest BCUT2D eigenvalue weighted by Gasteiger charge is -2.17. The Morgan fingerprint density at radius 2 is 2.29 bits per heavy atom. The number of nitrogens with one attached hydrogen (secondary N) is 3. The molecule has 2 heterocycles. The number of amides is 2. The zero-order valence-corrected chi connectivity index (χ0v) is 13.1. The molecule has 1 atom stereocenters. The number of carbonyl (C=O) groups is 2. The minimum Gasteiger partial charge on any atom is -0.350 e. The Bertz CT molecular complexity index is 547. The number of halogens is 1. The van der Waals surface area contributed by atoms with Gasteiger partial charge in [-0.25, -0.2) is 0 Å². The minimum atomic E-state index is -0.0914. The summed E-state index contributed by atoms with van der Waals surface area (Å²) in [6.45, 7) is 1.68. The average molecular weight is 328 g/mol. The van der Waals surface area contributed by atoms with Gasteiger partial charge in [-0.05, 0) is 37.6 Å². The molecule has 2 aliphatic heterocycles. The Labute approximate surface area is 134 Å². The van der Waals surface area contributed by atoms with E-state index in [2.05, 4.69) is 16.0 Å². The van der Waals surface area contributed by atoms with Gasteiger partial charge >= 0.3 is 0 Å². The molecule has 21 heavy (non-hydrogen) atoms. The summed E-state index contributed by atoms with van der Waals surface area (Å²) >= 11 is 1.50. The fraction of sp³-hybridized carbons (Fsp3) is 0.429. The lowest BCUT2D eigenvalue weighted by molar-refractivity contribution is -0.113. The molecule has 0 aromatic heterocycles. The summed E-state index contributed by atoms with van der Waals surface area (Å²) in [6, 6.07) is 5.83. The van der Waals surface area contributed by atoms with Crippen molar-refractivity contribution in [2.24, 2.45) is 0 Å². The van der Waals surface area contributed by atoms with Crippen LogP contribution < -0.4 is 16.0 Å². The van der Waals surface area contributed by atoms with Gasteiger partial charge in [0.1, 0.15) is 0 Å². The summed E-state index contributed by atoms with van der Waals surface area (Å²) in [5, 5.41) is 9.08. The van der Waals surface area contributed by atoms with Gasteiger partial charge in [-0.3, -0.25) is 9.59 Å². The van der Waals surface area contributed by atoms with Gasteiger partial charge in [-0.15, -0.1) is 24.2 Å². The number of carbonyl (C=O) groups excluding carboxylic acids is 2. The van der Waals surface area contributed by atoms with Crippen molar-refractivity contribution in [3.63, 3.8) is 0 Å². The number of fused-ring (bicyclic) bond motifs is 1. The molecule has 114 valence electrons. The van der Waals surface area contributed by atoms with E-state index in [1.165, 1.54) is 18.2 Å². The highest BCUT2D eigenvalue weighted by Crippen LogP contribution is 2.31. The smallest absolute Gasteiger partial charge is 0.251 e. The number of benzene rings is 1. The molecule has 3 N–H and O–H groups in total. The van der Waals surface area contributed by atoms with Crippen LogP contribution in [-0.2, 0) is 4.79 Å². The van der Waals surface area contributed by atoms with Gasteiger partial charge < -0.3 is 16.0 Å². The molecule has 1 aromatic rings. The van der Waals surface area contributed by atoms with Crippen LogP contribution in [-0.4, -0.2) is 36.7 Å². The first-order valence-electron chi connectivity index (χ1n) is 6.80. The van der Waals surface area contributed by atoms with Crippen LogP contribution in [0.1, 0.15) is 23.2 Å². The van der Waals surface area contributed by atoms with Crippen LogP contribution in [0.25, 0.3) is 0 Å². The Kier molecular flexibility index (Phi) is 5.50. The fourth-order valence-electron chi connectivity index (χ4n) is 2.47. The second kappa shape index (κ2) is 7.15. The van der Waals surface area contributed by atoms with Gasteiger partial charge in [-0.2, -0.15) is 0 Å². The van der Waals surface area contributed by atoms with Crippen LogP contribution in [0.15, 0.2) is 23.1 Å². The fourth-order valence-corrected chi connectivity index (χ4v) is 3.26.